The first-order valence-corrected chi connectivity index (χ1v) is 10.4. The normalized spacial score (nSPS) is 11.1. The maximum atomic E-state index is 3.56. The first-order valence-electron chi connectivity index (χ1n) is 10.4. The Morgan fingerprint density at radius 2 is 0.917 bits per heavy atom. The molecule has 2 heteroatoms. The molecule has 0 aliphatic heterocycles. The lowest BCUT2D eigenvalue weighted by molar-refractivity contribution is 0.581. The Bertz CT molecular complexity index is 335. The molecule has 2 nitrogen and oxygen atoms in total. The lowest BCUT2D eigenvalue weighted by Gasteiger charge is -2.08. The molecule has 0 aromatic heterocycles. The van der Waals surface area contributed by atoms with Gasteiger partial charge in [-0.1, -0.05) is 89.5 Å². The number of unbranched alkanes of at least 4 members (excludes halogenated alkanes) is 8. The highest BCUT2D eigenvalue weighted by Crippen LogP contribution is 2.06. The highest BCUT2D eigenvalue weighted by Gasteiger charge is 1.96. The van der Waals surface area contributed by atoms with E-state index in [-0.39, 0.29) is 0 Å². The Balaban J connectivity index is 2.02. The number of benzene rings is 1. The van der Waals surface area contributed by atoms with Crippen LogP contribution in [-0.4, -0.2) is 13.1 Å². The highest BCUT2D eigenvalue weighted by atomic mass is 14.8. The quantitative estimate of drug-likeness (QED) is 0.373. The maximum absolute atomic E-state index is 3.56. The Kier molecular flexibility index (Phi) is 13.8. The van der Waals surface area contributed by atoms with Gasteiger partial charge in [0.1, 0.15) is 0 Å². The van der Waals surface area contributed by atoms with Crippen LogP contribution < -0.4 is 10.6 Å². The van der Waals surface area contributed by atoms with E-state index in [2.05, 4.69) is 48.7 Å². The summed E-state index contributed by atoms with van der Waals surface area (Å²) < 4.78 is 0. The van der Waals surface area contributed by atoms with E-state index in [1.54, 1.807) is 0 Å². The van der Waals surface area contributed by atoms with E-state index in [0.29, 0.717) is 0 Å². The van der Waals surface area contributed by atoms with E-state index >= 15 is 0 Å². The van der Waals surface area contributed by atoms with Crippen LogP contribution in [0.1, 0.15) is 89.2 Å². The zero-order valence-corrected chi connectivity index (χ0v) is 16.2. The minimum absolute atomic E-state index is 0.999. The molecule has 0 amide bonds. The molecule has 1 aromatic rings. The van der Waals surface area contributed by atoms with Crippen molar-refractivity contribution >= 4 is 0 Å². The van der Waals surface area contributed by atoms with Crippen molar-refractivity contribution in [2.24, 2.45) is 0 Å². The predicted octanol–water partition coefficient (Wildman–Crippen LogP) is 5.81. The van der Waals surface area contributed by atoms with E-state index in [9.17, 15) is 0 Å². The number of hydrogen-bond donors (Lipinski definition) is 2. The van der Waals surface area contributed by atoms with Gasteiger partial charge in [0.25, 0.3) is 0 Å². The third-order valence-corrected chi connectivity index (χ3v) is 4.60. The molecule has 0 spiro atoms. The van der Waals surface area contributed by atoms with Gasteiger partial charge in [0.05, 0.1) is 0 Å². The van der Waals surface area contributed by atoms with Gasteiger partial charge in [-0.3, -0.25) is 0 Å². The molecule has 0 fully saturated rings. The molecule has 138 valence electrons. The fraction of sp³-hybridized carbons (Fsp3) is 0.727. The molecule has 2 N–H and O–H groups in total. The fourth-order valence-electron chi connectivity index (χ4n) is 2.95. The van der Waals surface area contributed by atoms with Crippen LogP contribution in [0.5, 0.6) is 0 Å². The fourth-order valence-corrected chi connectivity index (χ4v) is 2.95. The van der Waals surface area contributed by atoms with Crippen molar-refractivity contribution in [1.29, 1.82) is 0 Å². The largest absolute Gasteiger partial charge is 0.313 e. The first kappa shape index (κ1) is 21.2. The second-order valence-corrected chi connectivity index (χ2v) is 7.00. The van der Waals surface area contributed by atoms with Gasteiger partial charge in [0, 0.05) is 13.1 Å². The second kappa shape index (κ2) is 15.7. The first-order chi connectivity index (χ1) is 11.9. The van der Waals surface area contributed by atoms with Gasteiger partial charge in [-0.15, -0.1) is 0 Å². The van der Waals surface area contributed by atoms with Crippen molar-refractivity contribution in [2.45, 2.75) is 91.1 Å². The summed E-state index contributed by atoms with van der Waals surface area (Å²) in [7, 11) is 0. The molecule has 24 heavy (non-hydrogen) atoms. The van der Waals surface area contributed by atoms with E-state index in [1.807, 2.05) is 0 Å². The average Bonchev–Trinajstić information content (AvgIpc) is 2.61. The minimum atomic E-state index is 0.999. The van der Waals surface area contributed by atoms with Crippen molar-refractivity contribution in [2.75, 3.05) is 13.1 Å². The molecular formula is C22H40N2. The zero-order chi connectivity index (χ0) is 17.3. The smallest absolute Gasteiger partial charge is 0.0205 e. The molecule has 0 aliphatic carbocycles. The van der Waals surface area contributed by atoms with Crippen LogP contribution >= 0.6 is 0 Å². The highest BCUT2D eigenvalue weighted by molar-refractivity contribution is 5.22. The van der Waals surface area contributed by atoms with Gasteiger partial charge in [-0.25, -0.2) is 0 Å². The van der Waals surface area contributed by atoms with Gasteiger partial charge in [0.15, 0.2) is 0 Å². The van der Waals surface area contributed by atoms with E-state index in [1.165, 1.54) is 75.3 Å². The summed E-state index contributed by atoms with van der Waals surface area (Å²) in [6.45, 7) is 8.82. The summed E-state index contributed by atoms with van der Waals surface area (Å²) in [5, 5.41) is 7.12. The third kappa shape index (κ3) is 11.6. The van der Waals surface area contributed by atoms with Gasteiger partial charge >= 0.3 is 0 Å². The van der Waals surface area contributed by atoms with Crippen LogP contribution in [0.4, 0.5) is 0 Å². The summed E-state index contributed by atoms with van der Waals surface area (Å²) in [5.74, 6) is 0. The molecule has 0 saturated heterocycles. The van der Waals surface area contributed by atoms with Crippen molar-refractivity contribution in [3.8, 4) is 0 Å². The topological polar surface area (TPSA) is 24.1 Å². The molecular weight excluding hydrogens is 292 g/mol. The van der Waals surface area contributed by atoms with Gasteiger partial charge in [-0.05, 0) is 37.1 Å². The Morgan fingerprint density at radius 1 is 0.542 bits per heavy atom. The standard InChI is InChI=1S/C22H40N2/c1-3-5-7-9-11-17-23-19-21-13-15-22(16-14-21)20-24-18-12-10-8-6-4-2/h13-16,23-24H,3-12,17-20H2,1-2H3. The average molecular weight is 333 g/mol. The maximum Gasteiger partial charge on any atom is 0.0205 e. The SMILES string of the molecule is CCCCCCCNCc1ccc(CNCCCCCCC)cc1. The number of rotatable bonds is 16. The summed E-state index contributed by atoms with van der Waals surface area (Å²) in [6, 6.07) is 9.06. The summed E-state index contributed by atoms with van der Waals surface area (Å²) in [4.78, 5) is 0. The third-order valence-electron chi connectivity index (χ3n) is 4.60. The van der Waals surface area contributed by atoms with Crippen molar-refractivity contribution in [3.05, 3.63) is 35.4 Å². The predicted molar refractivity (Wildman–Crippen MR) is 107 cm³/mol. The molecule has 1 aromatic carbocycles. The Morgan fingerprint density at radius 3 is 1.29 bits per heavy atom. The van der Waals surface area contributed by atoms with Crippen LogP contribution in [-0.2, 0) is 13.1 Å². The van der Waals surface area contributed by atoms with E-state index < -0.39 is 0 Å². The van der Waals surface area contributed by atoms with Gasteiger partial charge in [0.2, 0.25) is 0 Å². The molecule has 1 rings (SSSR count). The molecule has 0 atom stereocenters. The van der Waals surface area contributed by atoms with Crippen LogP contribution in [0, 0.1) is 0 Å². The van der Waals surface area contributed by atoms with Gasteiger partial charge in [-0.2, -0.15) is 0 Å². The van der Waals surface area contributed by atoms with Crippen molar-refractivity contribution < 1.29 is 0 Å². The monoisotopic (exact) mass is 332 g/mol. The lowest BCUT2D eigenvalue weighted by atomic mass is 10.1. The zero-order valence-electron chi connectivity index (χ0n) is 16.2. The van der Waals surface area contributed by atoms with Crippen molar-refractivity contribution in [1.82, 2.24) is 10.6 Å². The Hall–Kier alpha value is -0.860. The number of hydrogen-bond acceptors (Lipinski definition) is 2. The molecule has 0 heterocycles. The summed E-state index contributed by atoms with van der Waals surface area (Å²) in [5.41, 5.74) is 2.79. The molecule has 0 saturated carbocycles. The van der Waals surface area contributed by atoms with Crippen LogP contribution in [0.15, 0.2) is 24.3 Å². The van der Waals surface area contributed by atoms with E-state index in [4.69, 9.17) is 0 Å². The molecule has 0 unspecified atom stereocenters. The van der Waals surface area contributed by atoms with Crippen LogP contribution in [0.2, 0.25) is 0 Å². The molecule has 0 bridgehead atoms. The Labute approximate surface area is 150 Å². The minimum Gasteiger partial charge on any atom is -0.313 e. The van der Waals surface area contributed by atoms with E-state index in [0.717, 1.165) is 26.2 Å². The van der Waals surface area contributed by atoms with Gasteiger partial charge < -0.3 is 10.6 Å². The summed E-state index contributed by atoms with van der Waals surface area (Å²) in [6.07, 6.45) is 13.5. The van der Waals surface area contributed by atoms with Crippen LogP contribution in [0.3, 0.4) is 0 Å². The van der Waals surface area contributed by atoms with Crippen molar-refractivity contribution in [3.63, 3.8) is 0 Å². The molecule has 0 aliphatic rings. The number of nitrogens with one attached hydrogen (secondary N) is 2. The molecule has 0 radical (unpaired) electrons. The van der Waals surface area contributed by atoms with Crippen LogP contribution in [0.25, 0.3) is 0 Å². The lowest BCUT2D eigenvalue weighted by Crippen LogP contribution is -2.16. The summed E-state index contributed by atoms with van der Waals surface area (Å²) >= 11 is 0. The second-order valence-electron chi connectivity index (χ2n) is 7.00.